The lowest BCUT2D eigenvalue weighted by Gasteiger charge is -2.35. The zero-order valence-corrected chi connectivity index (χ0v) is 14.6. The third-order valence-electron chi connectivity index (χ3n) is 4.43. The Morgan fingerprint density at radius 3 is 2.70 bits per heavy atom. The first-order valence-corrected chi connectivity index (χ1v) is 9.47. The maximum atomic E-state index is 12.4. The molecule has 1 atom stereocenters. The van der Waals surface area contributed by atoms with Gasteiger partial charge in [-0.3, -0.25) is 9.69 Å². The van der Waals surface area contributed by atoms with Crippen LogP contribution in [0.25, 0.3) is 11.0 Å². The standard InChI is InChI=1S/C17H24N4OS/c1-3-15(23-2)17(22)21-10-8-20(9-11-21)12-16-18-13-6-4-5-7-14(13)19-16/h4-7,15H,3,8-12H2,1-2H3,(H,18,19)/t15-/m1/s1. The van der Waals surface area contributed by atoms with Gasteiger partial charge in [-0.05, 0) is 24.8 Å². The van der Waals surface area contributed by atoms with Crippen LogP contribution in [-0.2, 0) is 11.3 Å². The molecule has 1 N–H and O–H groups in total. The number of imidazole rings is 1. The summed E-state index contributed by atoms with van der Waals surface area (Å²) in [6, 6.07) is 8.10. The molecular weight excluding hydrogens is 308 g/mol. The zero-order chi connectivity index (χ0) is 16.2. The van der Waals surface area contributed by atoms with E-state index in [0.717, 1.165) is 56.0 Å². The lowest BCUT2D eigenvalue weighted by molar-refractivity contribution is -0.132. The number of H-pyrrole nitrogens is 1. The minimum atomic E-state index is 0.108. The van der Waals surface area contributed by atoms with E-state index in [-0.39, 0.29) is 5.25 Å². The number of hydrogen-bond donors (Lipinski definition) is 1. The van der Waals surface area contributed by atoms with Crippen LogP contribution in [0.3, 0.4) is 0 Å². The average molecular weight is 332 g/mol. The summed E-state index contributed by atoms with van der Waals surface area (Å²) in [6.45, 7) is 6.35. The number of para-hydroxylation sites is 2. The number of rotatable bonds is 5. The van der Waals surface area contributed by atoms with Crippen LogP contribution in [0.5, 0.6) is 0 Å². The van der Waals surface area contributed by atoms with E-state index in [1.54, 1.807) is 11.8 Å². The maximum Gasteiger partial charge on any atom is 0.235 e. The number of benzene rings is 1. The van der Waals surface area contributed by atoms with E-state index in [2.05, 4.69) is 27.9 Å². The Morgan fingerprint density at radius 2 is 2.04 bits per heavy atom. The molecule has 6 heteroatoms. The summed E-state index contributed by atoms with van der Waals surface area (Å²) < 4.78 is 0. The topological polar surface area (TPSA) is 52.2 Å². The summed E-state index contributed by atoms with van der Waals surface area (Å²) in [5.41, 5.74) is 2.10. The molecule has 23 heavy (non-hydrogen) atoms. The maximum absolute atomic E-state index is 12.4. The predicted octanol–water partition coefficient (Wildman–Crippen LogP) is 2.35. The minimum absolute atomic E-state index is 0.108. The molecule has 1 amide bonds. The number of aromatic amines is 1. The number of amides is 1. The second-order valence-electron chi connectivity index (χ2n) is 5.93. The smallest absolute Gasteiger partial charge is 0.235 e. The van der Waals surface area contributed by atoms with Crippen LogP contribution in [0.2, 0.25) is 0 Å². The van der Waals surface area contributed by atoms with E-state index in [1.165, 1.54) is 0 Å². The van der Waals surface area contributed by atoms with Crippen molar-refractivity contribution in [1.29, 1.82) is 0 Å². The average Bonchev–Trinajstić information content (AvgIpc) is 2.98. The Morgan fingerprint density at radius 1 is 1.30 bits per heavy atom. The molecule has 0 radical (unpaired) electrons. The number of carbonyl (C=O) groups is 1. The van der Waals surface area contributed by atoms with Gasteiger partial charge in [0, 0.05) is 26.2 Å². The molecule has 0 bridgehead atoms. The summed E-state index contributed by atoms with van der Waals surface area (Å²) in [6.07, 6.45) is 2.92. The van der Waals surface area contributed by atoms with Crippen LogP contribution in [0, 0.1) is 0 Å². The van der Waals surface area contributed by atoms with Gasteiger partial charge in [0.15, 0.2) is 0 Å². The molecule has 2 aromatic rings. The summed E-state index contributed by atoms with van der Waals surface area (Å²) in [5, 5.41) is 0.108. The molecule has 0 unspecified atom stereocenters. The van der Waals surface area contributed by atoms with Crippen LogP contribution in [0.4, 0.5) is 0 Å². The van der Waals surface area contributed by atoms with E-state index >= 15 is 0 Å². The van der Waals surface area contributed by atoms with Gasteiger partial charge in [-0.1, -0.05) is 19.1 Å². The number of hydrogen-bond acceptors (Lipinski definition) is 4. The summed E-state index contributed by atoms with van der Waals surface area (Å²) in [5.74, 6) is 1.30. The first-order chi connectivity index (χ1) is 11.2. The first-order valence-electron chi connectivity index (χ1n) is 8.18. The molecule has 5 nitrogen and oxygen atoms in total. The van der Waals surface area contributed by atoms with Crippen molar-refractivity contribution in [2.24, 2.45) is 0 Å². The molecule has 1 saturated heterocycles. The molecule has 2 heterocycles. The van der Waals surface area contributed by atoms with Crippen molar-refractivity contribution >= 4 is 28.7 Å². The molecule has 124 valence electrons. The second kappa shape index (κ2) is 7.36. The van der Waals surface area contributed by atoms with E-state index < -0.39 is 0 Å². The summed E-state index contributed by atoms with van der Waals surface area (Å²) >= 11 is 1.66. The highest BCUT2D eigenvalue weighted by Gasteiger charge is 2.26. The Bertz CT molecular complexity index is 626. The second-order valence-corrected chi connectivity index (χ2v) is 6.98. The van der Waals surface area contributed by atoms with E-state index in [9.17, 15) is 4.79 Å². The van der Waals surface area contributed by atoms with E-state index in [1.807, 2.05) is 29.4 Å². The van der Waals surface area contributed by atoms with Gasteiger partial charge in [0.05, 0.1) is 22.8 Å². The van der Waals surface area contributed by atoms with Gasteiger partial charge in [-0.25, -0.2) is 4.98 Å². The largest absolute Gasteiger partial charge is 0.341 e. The Hall–Kier alpha value is -1.53. The number of piperazine rings is 1. The fraction of sp³-hybridized carbons (Fsp3) is 0.529. The van der Waals surface area contributed by atoms with Crippen molar-refractivity contribution < 1.29 is 4.79 Å². The fourth-order valence-electron chi connectivity index (χ4n) is 3.06. The zero-order valence-electron chi connectivity index (χ0n) is 13.8. The van der Waals surface area contributed by atoms with Crippen LogP contribution < -0.4 is 0 Å². The number of aromatic nitrogens is 2. The Balaban J connectivity index is 1.55. The number of nitrogens with one attached hydrogen (secondary N) is 1. The highest BCUT2D eigenvalue weighted by molar-refractivity contribution is 7.99. The summed E-state index contributed by atoms with van der Waals surface area (Å²) in [7, 11) is 0. The lowest BCUT2D eigenvalue weighted by Crippen LogP contribution is -2.50. The fourth-order valence-corrected chi connectivity index (χ4v) is 3.75. The molecule has 1 aromatic carbocycles. The number of thioether (sulfide) groups is 1. The molecule has 0 aliphatic carbocycles. The third kappa shape index (κ3) is 3.70. The number of fused-ring (bicyclic) bond motifs is 1. The van der Waals surface area contributed by atoms with Crippen molar-refractivity contribution in [2.45, 2.75) is 25.1 Å². The van der Waals surface area contributed by atoms with Crippen LogP contribution in [-0.4, -0.2) is 63.4 Å². The SMILES string of the molecule is CC[C@@H](SC)C(=O)N1CCN(Cc2nc3ccccc3[nH]2)CC1. The van der Waals surface area contributed by atoms with E-state index in [4.69, 9.17) is 0 Å². The van der Waals surface area contributed by atoms with Gasteiger partial charge in [-0.2, -0.15) is 11.8 Å². The highest BCUT2D eigenvalue weighted by Crippen LogP contribution is 2.17. The van der Waals surface area contributed by atoms with Crippen molar-refractivity contribution in [2.75, 3.05) is 32.4 Å². The Kier molecular flexibility index (Phi) is 5.23. The minimum Gasteiger partial charge on any atom is -0.341 e. The quantitative estimate of drug-likeness (QED) is 0.913. The highest BCUT2D eigenvalue weighted by atomic mass is 32.2. The van der Waals surface area contributed by atoms with Gasteiger partial charge in [0.1, 0.15) is 5.82 Å². The van der Waals surface area contributed by atoms with Gasteiger partial charge in [0.2, 0.25) is 5.91 Å². The van der Waals surface area contributed by atoms with Crippen LogP contribution in [0.1, 0.15) is 19.2 Å². The van der Waals surface area contributed by atoms with Crippen molar-refractivity contribution in [1.82, 2.24) is 19.8 Å². The molecule has 1 fully saturated rings. The van der Waals surface area contributed by atoms with Crippen molar-refractivity contribution in [3.63, 3.8) is 0 Å². The van der Waals surface area contributed by atoms with Gasteiger partial charge in [-0.15, -0.1) is 0 Å². The third-order valence-corrected chi connectivity index (χ3v) is 5.53. The monoisotopic (exact) mass is 332 g/mol. The van der Waals surface area contributed by atoms with E-state index in [0.29, 0.717) is 5.91 Å². The molecule has 0 saturated carbocycles. The van der Waals surface area contributed by atoms with Crippen molar-refractivity contribution in [3.05, 3.63) is 30.1 Å². The number of nitrogens with zero attached hydrogens (tertiary/aromatic N) is 3. The van der Waals surface area contributed by atoms with Gasteiger partial charge in [0.25, 0.3) is 0 Å². The molecule has 1 aliphatic heterocycles. The lowest BCUT2D eigenvalue weighted by atomic mass is 10.2. The molecule has 1 aromatic heterocycles. The van der Waals surface area contributed by atoms with Gasteiger partial charge >= 0.3 is 0 Å². The van der Waals surface area contributed by atoms with Gasteiger partial charge < -0.3 is 9.88 Å². The molecule has 0 spiro atoms. The molecular formula is C17H24N4OS. The number of carbonyl (C=O) groups excluding carboxylic acids is 1. The normalized spacial score (nSPS) is 17.6. The molecule has 1 aliphatic rings. The first kappa shape index (κ1) is 16.3. The van der Waals surface area contributed by atoms with Crippen LogP contribution >= 0.6 is 11.8 Å². The molecule has 3 rings (SSSR count). The van der Waals surface area contributed by atoms with Crippen molar-refractivity contribution in [3.8, 4) is 0 Å². The predicted molar refractivity (Wildman–Crippen MR) is 95.5 cm³/mol. The van der Waals surface area contributed by atoms with Crippen LogP contribution in [0.15, 0.2) is 24.3 Å². The summed E-state index contributed by atoms with van der Waals surface area (Å²) in [4.78, 5) is 24.8. The Labute approximate surface area is 141 Å².